The Kier molecular flexibility index (Phi) is 3.02. The molecule has 0 atom stereocenters. The van der Waals surface area contributed by atoms with Crippen LogP contribution in [0.5, 0.6) is 0 Å². The van der Waals surface area contributed by atoms with Crippen LogP contribution in [0.2, 0.25) is 0 Å². The lowest BCUT2D eigenvalue weighted by atomic mass is 10.1. The van der Waals surface area contributed by atoms with E-state index in [4.69, 9.17) is 5.73 Å². The second-order valence-electron chi connectivity index (χ2n) is 4.77. The molecule has 7 nitrogen and oxygen atoms in total. The van der Waals surface area contributed by atoms with Crippen LogP contribution in [0.15, 0.2) is 24.4 Å². The Morgan fingerprint density at radius 2 is 2.05 bits per heavy atom. The van der Waals surface area contributed by atoms with Gasteiger partial charge in [-0.25, -0.2) is 4.98 Å². The normalized spacial score (nSPS) is 10.8. The standard InChI is InChI=1S/C14H14N6O/c1-7-8(2)19-20-14(17-7)18-13(21)11-6-16-12-5-9(15)3-4-10(11)12/h3-6,16H,15H2,1-2H3,(H,17,18,20,21). The van der Waals surface area contributed by atoms with Gasteiger partial charge in [0.25, 0.3) is 5.91 Å². The predicted molar refractivity (Wildman–Crippen MR) is 80.0 cm³/mol. The van der Waals surface area contributed by atoms with Crippen molar-refractivity contribution in [2.75, 3.05) is 11.1 Å². The lowest BCUT2D eigenvalue weighted by Gasteiger charge is -2.04. The van der Waals surface area contributed by atoms with Gasteiger partial charge in [-0.3, -0.25) is 10.1 Å². The monoisotopic (exact) mass is 282 g/mol. The number of carbonyl (C=O) groups is 1. The molecule has 3 aromatic rings. The van der Waals surface area contributed by atoms with Gasteiger partial charge in [0, 0.05) is 22.8 Å². The molecule has 0 aliphatic rings. The van der Waals surface area contributed by atoms with Gasteiger partial charge in [-0.15, -0.1) is 5.10 Å². The largest absolute Gasteiger partial charge is 0.399 e. The van der Waals surface area contributed by atoms with Crippen molar-refractivity contribution in [3.8, 4) is 0 Å². The van der Waals surface area contributed by atoms with Gasteiger partial charge in [0.1, 0.15) is 0 Å². The van der Waals surface area contributed by atoms with Gasteiger partial charge >= 0.3 is 0 Å². The third kappa shape index (κ3) is 2.40. The van der Waals surface area contributed by atoms with Gasteiger partial charge in [-0.2, -0.15) is 5.10 Å². The Balaban J connectivity index is 1.91. The Morgan fingerprint density at radius 3 is 2.81 bits per heavy atom. The number of amides is 1. The number of hydrogen-bond acceptors (Lipinski definition) is 5. The highest BCUT2D eigenvalue weighted by molar-refractivity contribution is 6.12. The number of benzene rings is 1. The van der Waals surface area contributed by atoms with Gasteiger partial charge in [-0.1, -0.05) is 0 Å². The first kappa shape index (κ1) is 13.0. The summed E-state index contributed by atoms with van der Waals surface area (Å²) in [4.78, 5) is 19.5. The molecule has 2 aromatic heterocycles. The Hall–Kier alpha value is -2.96. The quantitative estimate of drug-likeness (QED) is 0.621. The third-order valence-electron chi connectivity index (χ3n) is 3.27. The van der Waals surface area contributed by atoms with E-state index in [-0.39, 0.29) is 11.9 Å². The lowest BCUT2D eigenvalue weighted by Crippen LogP contribution is -2.15. The number of H-pyrrole nitrogens is 1. The van der Waals surface area contributed by atoms with Gasteiger partial charge < -0.3 is 10.7 Å². The Morgan fingerprint density at radius 1 is 1.24 bits per heavy atom. The number of aryl methyl sites for hydroxylation is 2. The number of carbonyl (C=O) groups excluding carboxylic acids is 1. The van der Waals surface area contributed by atoms with Crippen LogP contribution in [0.3, 0.4) is 0 Å². The number of aromatic nitrogens is 4. The smallest absolute Gasteiger partial charge is 0.260 e. The van der Waals surface area contributed by atoms with Crippen molar-refractivity contribution in [1.82, 2.24) is 20.2 Å². The van der Waals surface area contributed by atoms with Crippen molar-refractivity contribution in [2.24, 2.45) is 0 Å². The number of anilines is 2. The number of hydrogen-bond donors (Lipinski definition) is 3. The fourth-order valence-corrected chi connectivity index (χ4v) is 2.01. The molecule has 4 N–H and O–H groups in total. The molecule has 106 valence electrons. The summed E-state index contributed by atoms with van der Waals surface area (Å²) in [7, 11) is 0. The minimum Gasteiger partial charge on any atom is -0.399 e. The molecule has 0 radical (unpaired) electrons. The minimum absolute atomic E-state index is 0.188. The molecule has 0 unspecified atom stereocenters. The van der Waals surface area contributed by atoms with Gasteiger partial charge in [0.15, 0.2) is 0 Å². The van der Waals surface area contributed by atoms with Gasteiger partial charge in [-0.05, 0) is 32.0 Å². The van der Waals surface area contributed by atoms with Crippen molar-refractivity contribution in [2.45, 2.75) is 13.8 Å². The number of nitrogens with one attached hydrogen (secondary N) is 2. The average Bonchev–Trinajstić information content (AvgIpc) is 2.85. The average molecular weight is 282 g/mol. The van der Waals surface area contributed by atoms with Crippen LogP contribution in [-0.2, 0) is 0 Å². The van der Waals surface area contributed by atoms with E-state index >= 15 is 0 Å². The zero-order chi connectivity index (χ0) is 15.0. The maximum Gasteiger partial charge on any atom is 0.260 e. The van der Waals surface area contributed by atoms with Crippen LogP contribution in [0, 0.1) is 13.8 Å². The number of fused-ring (bicyclic) bond motifs is 1. The maximum atomic E-state index is 12.3. The van der Waals surface area contributed by atoms with E-state index in [9.17, 15) is 4.79 Å². The lowest BCUT2D eigenvalue weighted by molar-refractivity contribution is 0.102. The van der Waals surface area contributed by atoms with E-state index in [1.807, 2.05) is 13.8 Å². The van der Waals surface area contributed by atoms with Crippen molar-refractivity contribution in [3.63, 3.8) is 0 Å². The number of rotatable bonds is 2. The van der Waals surface area contributed by atoms with E-state index < -0.39 is 0 Å². The first-order valence-electron chi connectivity index (χ1n) is 6.40. The van der Waals surface area contributed by atoms with Crippen LogP contribution in [-0.4, -0.2) is 26.1 Å². The molecule has 3 rings (SSSR count). The first-order valence-corrected chi connectivity index (χ1v) is 6.40. The molecular formula is C14H14N6O. The molecule has 0 aliphatic carbocycles. The highest BCUT2D eigenvalue weighted by Crippen LogP contribution is 2.21. The predicted octanol–water partition coefficient (Wildman–Crippen LogP) is 1.80. The molecule has 0 spiro atoms. The highest BCUT2D eigenvalue weighted by Gasteiger charge is 2.14. The van der Waals surface area contributed by atoms with Crippen molar-refractivity contribution in [3.05, 3.63) is 41.3 Å². The number of nitrogens with zero attached hydrogens (tertiary/aromatic N) is 3. The third-order valence-corrected chi connectivity index (χ3v) is 3.27. The van der Waals surface area contributed by atoms with Crippen LogP contribution < -0.4 is 11.1 Å². The molecule has 1 amide bonds. The number of nitrogen functional groups attached to an aromatic ring is 1. The van der Waals surface area contributed by atoms with Gasteiger partial charge in [0.05, 0.1) is 17.0 Å². The van der Waals surface area contributed by atoms with Crippen molar-refractivity contribution in [1.29, 1.82) is 0 Å². The van der Waals surface area contributed by atoms with E-state index in [1.54, 1.807) is 24.4 Å². The molecular weight excluding hydrogens is 268 g/mol. The summed E-state index contributed by atoms with van der Waals surface area (Å²) in [6.07, 6.45) is 1.63. The molecule has 21 heavy (non-hydrogen) atoms. The summed E-state index contributed by atoms with van der Waals surface area (Å²) in [6, 6.07) is 5.33. The topological polar surface area (TPSA) is 110 Å². The van der Waals surface area contributed by atoms with E-state index in [0.717, 1.165) is 22.3 Å². The van der Waals surface area contributed by atoms with E-state index in [1.165, 1.54) is 0 Å². The van der Waals surface area contributed by atoms with Gasteiger partial charge in [0.2, 0.25) is 5.95 Å². The second-order valence-corrected chi connectivity index (χ2v) is 4.77. The Labute approximate surface area is 120 Å². The molecule has 1 aromatic carbocycles. The Bertz CT molecular complexity index is 839. The van der Waals surface area contributed by atoms with Crippen LogP contribution in [0.1, 0.15) is 21.7 Å². The molecule has 0 aliphatic heterocycles. The summed E-state index contributed by atoms with van der Waals surface area (Å²) >= 11 is 0. The summed E-state index contributed by atoms with van der Waals surface area (Å²) in [5.74, 6) is -0.107. The van der Waals surface area contributed by atoms with Crippen LogP contribution in [0.4, 0.5) is 11.6 Å². The molecule has 0 bridgehead atoms. The highest BCUT2D eigenvalue weighted by atomic mass is 16.1. The molecule has 2 heterocycles. The molecule has 0 fully saturated rings. The molecule has 7 heteroatoms. The maximum absolute atomic E-state index is 12.3. The zero-order valence-electron chi connectivity index (χ0n) is 11.6. The summed E-state index contributed by atoms with van der Waals surface area (Å²) < 4.78 is 0. The minimum atomic E-state index is -0.295. The number of aromatic amines is 1. The van der Waals surface area contributed by atoms with E-state index in [0.29, 0.717) is 11.3 Å². The van der Waals surface area contributed by atoms with Crippen LogP contribution >= 0.6 is 0 Å². The van der Waals surface area contributed by atoms with E-state index in [2.05, 4.69) is 25.5 Å². The fraction of sp³-hybridized carbons (Fsp3) is 0.143. The number of nitrogens with two attached hydrogens (primary N) is 1. The fourth-order valence-electron chi connectivity index (χ4n) is 2.01. The van der Waals surface area contributed by atoms with Crippen LogP contribution in [0.25, 0.3) is 10.9 Å². The zero-order valence-corrected chi connectivity index (χ0v) is 11.6. The SMILES string of the molecule is Cc1nnc(NC(=O)c2c[nH]c3cc(N)ccc23)nc1C. The summed E-state index contributed by atoms with van der Waals surface area (Å²) in [5, 5.41) is 11.2. The first-order chi connectivity index (χ1) is 10.0. The molecule has 0 saturated carbocycles. The van der Waals surface area contributed by atoms with Crippen molar-refractivity contribution >= 4 is 28.4 Å². The summed E-state index contributed by atoms with van der Waals surface area (Å²) in [5.41, 5.74) is 9.12. The second kappa shape index (κ2) is 4.86. The summed E-state index contributed by atoms with van der Waals surface area (Å²) in [6.45, 7) is 3.62. The van der Waals surface area contributed by atoms with Crippen molar-refractivity contribution < 1.29 is 4.79 Å². The molecule has 0 saturated heterocycles.